The van der Waals surface area contributed by atoms with Crippen LogP contribution in [0.4, 0.5) is 0 Å². The predicted molar refractivity (Wildman–Crippen MR) is 54.7 cm³/mol. The summed E-state index contributed by atoms with van der Waals surface area (Å²) >= 11 is 0. The van der Waals surface area contributed by atoms with Crippen molar-refractivity contribution in [3.63, 3.8) is 0 Å². The van der Waals surface area contributed by atoms with Gasteiger partial charge in [-0.3, -0.25) is 0 Å². The quantitative estimate of drug-likeness (QED) is 0.607. The van der Waals surface area contributed by atoms with E-state index in [1.165, 1.54) is 25.7 Å². The van der Waals surface area contributed by atoms with Crippen molar-refractivity contribution in [3.8, 4) is 0 Å². The summed E-state index contributed by atoms with van der Waals surface area (Å²) in [6.07, 6.45) is 6.03. The van der Waals surface area contributed by atoms with E-state index < -0.39 is 0 Å². The van der Waals surface area contributed by atoms with Crippen molar-refractivity contribution in [1.29, 1.82) is 0 Å². The average molecular weight is 182 g/mol. The summed E-state index contributed by atoms with van der Waals surface area (Å²) in [4.78, 5) is 0. The maximum Gasteiger partial charge on any atom is 0.0892 e. The van der Waals surface area contributed by atoms with Gasteiger partial charge in [0, 0.05) is 0 Å². The fourth-order valence-corrected chi connectivity index (χ4v) is 2.65. The second-order valence-electron chi connectivity index (χ2n) is 5.71. The molecule has 3 atom stereocenters. The van der Waals surface area contributed by atoms with Crippen LogP contribution in [-0.4, -0.2) is 11.7 Å². The normalized spacial score (nSPS) is 46.2. The second-order valence-corrected chi connectivity index (χ2v) is 5.71. The van der Waals surface area contributed by atoms with E-state index in [2.05, 4.69) is 27.7 Å². The van der Waals surface area contributed by atoms with Crippen LogP contribution in [0, 0.1) is 11.3 Å². The van der Waals surface area contributed by atoms with Gasteiger partial charge in [0.15, 0.2) is 0 Å². The molecule has 1 saturated carbocycles. The Labute approximate surface area is 81.9 Å². The van der Waals surface area contributed by atoms with Gasteiger partial charge in [0.2, 0.25) is 0 Å². The summed E-state index contributed by atoms with van der Waals surface area (Å²) in [7, 11) is 0. The third-order valence-corrected chi connectivity index (χ3v) is 4.17. The third kappa shape index (κ3) is 1.76. The molecule has 0 aromatic heterocycles. The van der Waals surface area contributed by atoms with Gasteiger partial charge in [-0.2, -0.15) is 0 Å². The molecule has 1 aliphatic heterocycles. The highest BCUT2D eigenvalue weighted by molar-refractivity contribution is 5.01. The zero-order valence-electron chi connectivity index (χ0n) is 9.39. The van der Waals surface area contributed by atoms with Gasteiger partial charge in [-0.1, -0.05) is 20.3 Å². The molecule has 3 unspecified atom stereocenters. The highest BCUT2D eigenvalue weighted by Crippen LogP contribution is 2.58. The second kappa shape index (κ2) is 2.73. The van der Waals surface area contributed by atoms with Crippen molar-refractivity contribution < 1.29 is 4.74 Å². The first-order valence-electron chi connectivity index (χ1n) is 5.66. The van der Waals surface area contributed by atoms with E-state index >= 15 is 0 Å². The summed E-state index contributed by atoms with van der Waals surface area (Å²) in [5.41, 5.74) is 0.879. The Kier molecular flexibility index (Phi) is 1.99. The number of rotatable bonds is 4. The van der Waals surface area contributed by atoms with Crippen LogP contribution < -0.4 is 0 Å². The molecule has 0 bridgehead atoms. The minimum absolute atomic E-state index is 0.201. The van der Waals surface area contributed by atoms with E-state index in [1.54, 1.807) is 0 Å². The molecule has 0 radical (unpaired) electrons. The molecule has 76 valence electrons. The Morgan fingerprint density at radius 2 is 1.92 bits per heavy atom. The molecule has 2 fully saturated rings. The molecule has 1 nitrogen and oxygen atoms in total. The van der Waals surface area contributed by atoms with E-state index in [-0.39, 0.29) is 5.60 Å². The van der Waals surface area contributed by atoms with Crippen LogP contribution >= 0.6 is 0 Å². The van der Waals surface area contributed by atoms with Gasteiger partial charge in [0.1, 0.15) is 0 Å². The number of hydrogen-bond acceptors (Lipinski definition) is 1. The summed E-state index contributed by atoms with van der Waals surface area (Å²) in [6.45, 7) is 9.15. The van der Waals surface area contributed by atoms with Gasteiger partial charge >= 0.3 is 0 Å². The van der Waals surface area contributed by atoms with E-state index in [1.807, 2.05) is 0 Å². The molecule has 0 amide bonds. The van der Waals surface area contributed by atoms with E-state index in [0.717, 1.165) is 5.92 Å². The Morgan fingerprint density at radius 1 is 1.31 bits per heavy atom. The molecule has 2 aliphatic rings. The summed E-state index contributed by atoms with van der Waals surface area (Å²) in [5.74, 6) is 1.01. The molecule has 2 rings (SSSR count). The van der Waals surface area contributed by atoms with Crippen LogP contribution in [0.5, 0.6) is 0 Å². The van der Waals surface area contributed by atoms with Crippen LogP contribution in [0.1, 0.15) is 53.4 Å². The lowest BCUT2D eigenvalue weighted by molar-refractivity contribution is 0.309. The maximum absolute atomic E-state index is 5.60. The molecular formula is C12H22O. The smallest absolute Gasteiger partial charge is 0.0892 e. The number of hydrogen-bond donors (Lipinski definition) is 0. The van der Waals surface area contributed by atoms with Gasteiger partial charge in [0.25, 0.3) is 0 Å². The maximum atomic E-state index is 5.60. The van der Waals surface area contributed by atoms with Crippen LogP contribution in [0.15, 0.2) is 0 Å². The lowest BCUT2D eigenvalue weighted by Crippen LogP contribution is -2.06. The molecule has 0 spiro atoms. The molecule has 0 aromatic rings. The topological polar surface area (TPSA) is 12.5 Å². The van der Waals surface area contributed by atoms with Crippen LogP contribution in [-0.2, 0) is 4.74 Å². The van der Waals surface area contributed by atoms with Gasteiger partial charge in [-0.05, 0) is 44.4 Å². The van der Waals surface area contributed by atoms with E-state index in [4.69, 9.17) is 4.74 Å². The van der Waals surface area contributed by atoms with Gasteiger partial charge < -0.3 is 4.74 Å². The SMILES string of the molecule is CCC1CC1(C)CCC1OC1(C)C. The average Bonchev–Trinajstić information content (AvgIpc) is 2.87. The first-order valence-corrected chi connectivity index (χ1v) is 5.66. The molecule has 1 heterocycles. The zero-order chi connectivity index (χ0) is 9.69. The minimum Gasteiger partial charge on any atom is -0.367 e. The largest absolute Gasteiger partial charge is 0.367 e. The monoisotopic (exact) mass is 182 g/mol. The Morgan fingerprint density at radius 3 is 2.31 bits per heavy atom. The first kappa shape index (κ1) is 9.51. The molecule has 1 heteroatoms. The van der Waals surface area contributed by atoms with Crippen molar-refractivity contribution in [2.45, 2.75) is 65.1 Å². The Hall–Kier alpha value is -0.0400. The Balaban J connectivity index is 1.70. The van der Waals surface area contributed by atoms with Gasteiger partial charge in [-0.15, -0.1) is 0 Å². The molecule has 13 heavy (non-hydrogen) atoms. The van der Waals surface area contributed by atoms with E-state index in [9.17, 15) is 0 Å². The van der Waals surface area contributed by atoms with Crippen LogP contribution in [0.2, 0.25) is 0 Å². The predicted octanol–water partition coefficient (Wildman–Crippen LogP) is 3.38. The summed E-state index contributed by atoms with van der Waals surface area (Å²) in [6, 6.07) is 0. The highest BCUT2D eigenvalue weighted by Gasteiger charge is 2.52. The number of epoxide rings is 1. The zero-order valence-corrected chi connectivity index (χ0v) is 9.39. The summed E-state index contributed by atoms with van der Waals surface area (Å²) < 4.78 is 5.60. The summed E-state index contributed by atoms with van der Waals surface area (Å²) in [5, 5.41) is 0. The van der Waals surface area contributed by atoms with Crippen molar-refractivity contribution in [2.75, 3.05) is 0 Å². The van der Waals surface area contributed by atoms with Crippen molar-refractivity contribution >= 4 is 0 Å². The molecule has 1 aliphatic carbocycles. The highest BCUT2D eigenvalue weighted by atomic mass is 16.6. The minimum atomic E-state index is 0.201. The molecule has 0 aromatic carbocycles. The van der Waals surface area contributed by atoms with E-state index in [0.29, 0.717) is 11.5 Å². The molecular weight excluding hydrogens is 160 g/mol. The van der Waals surface area contributed by atoms with Crippen LogP contribution in [0.3, 0.4) is 0 Å². The molecule has 1 saturated heterocycles. The lowest BCUT2D eigenvalue weighted by Gasteiger charge is -2.08. The fraction of sp³-hybridized carbons (Fsp3) is 1.00. The van der Waals surface area contributed by atoms with Crippen molar-refractivity contribution in [1.82, 2.24) is 0 Å². The fourth-order valence-electron chi connectivity index (χ4n) is 2.65. The first-order chi connectivity index (χ1) is 5.98. The number of ether oxygens (including phenoxy) is 1. The van der Waals surface area contributed by atoms with Crippen LogP contribution in [0.25, 0.3) is 0 Å². The van der Waals surface area contributed by atoms with Gasteiger partial charge in [0.05, 0.1) is 11.7 Å². The van der Waals surface area contributed by atoms with Crippen molar-refractivity contribution in [2.24, 2.45) is 11.3 Å². The Bertz CT molecular complexity index is 209. The van der Waals surface area contributed by atoms with Gasteiger partial charge in [-0.25, -0.2) is 0 Å². The standard InChI is InChI=1S/C12H22O/c1-5-9-8-12(9,4)7-6-10-11(2,3)13-10/h9-10H,5-8H2,1-4H3. The third-order valence-electron chi connectivity index (χ3n) is 4.17. The van der Waals surface area contributed by atoms with Crippen molar-refractivity contribution in [3.05, 3.63) is 0 Å². The lowest BCUT2D eigenvalue weighted by atomic mass is 9.95. The molecule has 0 N–H and O–H groups in total.